The van der Waals surface area contributed by atoms with Crippen molar-refractivity contribution in [2.75, 3.05) is 0 Å². The summed E-state index contributed by atoms with van der Waals surface area (Å²) < 4.78 is 4.36. The van der Waals surface area contributed by atoms with Gasteiger partial charge in [0.05, 0.1) is 12.6 Å². The number of fused-ring (bicyclic) bond motifs is 1. The number of halogens is 1. The van der Waals surface area contributed by atoms with E-state index in [9.17, 15) is 14.7 Å². The summed E-state index contributed by atoms with van der Waals surface area (Å²) >= 11 is 3.26. The molecule has 0 saturated heterocycles. The molecule has 2 heterocycles. The molecule has 2 rings (SSSR count). The van der Waals surface area contributed by atoms with Crippen molar-refractivity contribution in [3.63, 3.8) is 0 Å². The number of aromatic nitrogens is 4. The van der Waals surface area contributed by atoms with Crippen LogP contribution in [0.1, 0.15) is 13.3 Å². The Morgan fingerprint density at radius 2 is 1.95 bits per heavy atom. The minimum absolute atomic E-state index is 0.251. The van der Waals surface area contributed by atoms with Gasteiger partial charge >= 0.3 is 5.69 Å². The maximum atomic E-state index is 12.2. The fourth-order valence-electron chi connectivity index (χ4n) is 1.93. The Kier molecular flexibility index (Phi) is 3.64. The third-order valence-electron chi connectivity index (χ3n) is 3.17. The van der Waals surface area contributed by atoms with E-state index >= 15 is 0 Å². The highest BCUT2D eigenvalue weighted by atomic mass is 79.9. The van der Waals surface area contributed by atoms with Crippen LogP contribution in [0.2, 0.25) is 0 Å². The lowest BCUT2D eigenvalue weighted by molar-refractivity contribution is 0.150. The molecule has 0 unspecified atom stereocenters. The van der Waals surface area contributed by atoms with Crippen LogP contribution in [0.3, 0.4) is 0 Å². The quantitative estimate of drug-likeness (QED) is 0.801. The number of aryl methyl sites for hydroxylation is 1. The van der Waals surface area contributed by atoms with Crippen LogP contribution in [-0.4, -0.2) is 29.9 Å². The maximum absolute atomic E-state index is 12.2. The molecule has 0 aromatic carbocycles. The largest absolute Gasteiger partial charge is 0.391 e. The third-order valence-corrected chi connectivity index (χ3v) is 3.77. The molecule has 1 atom stereocenters. The lowest BCUT2D eigenvalue weighted by atomic mass is 10.3. The smallest absolute Gasteiger partial charge is 0.332 e. The van der Waals surface area contributed by atoms with Crippen molar-refractivity contribution in [1.82, 2.24) is 18.7 Å². The lowest BCUT2D eigenvalue weighted by Gasteiger charge is -2.11. The Labute approximate surface area is 117 Å². The molecule has 8 heteroatoms. The summed E-state index contributed by atoms with van der Waals surface area (Å²) in [6, 6.07) is 0. The van der Waals surface area contributed by atoms with Gasteiger partial charge in [-0.05, 0) is 22.4 Å². The van der Waals surface area contributed by atoms with Gasteiger partial charge in [0.25, 0.3) is 5.56 Å². The van der Waals surface area contributed by atoms with Crippen molar-refractivity contribution in [1.29, 1.82) is 0 Å². The summed E-state index contributed by atoms with van der Waals surface area (Å²) in [6.07, 6.45) is -0.00583. The zero-order valence-corrected chi connectivity index (χ0v) is 12.5. The minimum Gasteiger partial charge on any atom is -0.391 e. The summed E-state index contributed by atoms with van der Waals surface area (Å²) in [5.74, 6) is 0. The Morgan fingerprint density at radius 1 is 1.32 bits per heavy atom. The SMILES string of the molecule is CC[C@@H](O)Cn1c(Br)nc2c1c(=O)n(C)c(=O)n2C. The van der Waals surface area contributed by atoms with Crippen LogP contribution in [0, 0.1) is 0 Å². The summed E-state index contributed by atoms with van der Waals surface area (Å²) in [5.41, 5.74) is -0.224. The van der Waals surface area contributed by atoms with Crippen molar-refractivity contribution in [2.24, 2.45) is 14.1 Å². The Hall–Kier alpha value is -1.41. The maximum Gasteiger partial charge on any atom is 0.332 e. The minimum atomic E-state index is -0.573. The van der Waals surface area contributed by atoms with Crippen LogP contribution >= 0.6 is 15.9 Å². The number of hydrogen-bond acceptors (Lipinski definition) is 4. The second kappa shape index (κ2) is 4.93. The average Bonchev–Trinajstić information content (AvgIpc) is 2.71. The first-order chi connectivity index (χ1) is 8.88. The molecule has 104 valence electrons. The first kappa shape index (κ1) is 14.0. The Balaban J connectivity index is 2.83. The highest BCUT2D eigenvalue weighted by molar-refractivity contribution is 9.10. The highest BCUT2D eigenvalue weighted by Gasteiger charge is 2.19. The van der Waals surface area contributed by atoms with Crippen LogP contribution in [0.5, 0.6) is 0 Å². The molecule has 2 aromatic heterocycles. The Morgan fingerprint density at radius 3 is 2.53 bits per heavy atom. The average molecular weight is 331 g/mol. The molecule has 0 bridgehead atoms. The van der Waals surface area contributed by atoms with Crippen LogP contribution < -0.4 is 11.2 Å². The predicted molar refractivity (Wildman–Crippen MR) is 74.2 cm³/mol. The lowest BCUT2D eigenvalue weighted by Crippen LogP contribution is -2.37. The van der Waals surface area contributed by atoms with Crippen LogP contribution in [0.4, 0.5) is 0 Å². The zero-order chi connectivity index (χ0) is 14.3. The Bertz CT molecular complexity index is 743. The molecule has 0 aliphatic carbocycles. The number of hydrogen-bond donors (Lipinski definition) is 1. The molecule has 0 saturated carbocycles. The van der Waals surface area contributed by atoms with Crippen molar-refractivity contribution >= 4 is 27.1 Å². The number of imidazole rings is 1. The second-order valence-corrected chi connectivity index (χ2v) is 5.14. The van der Waals surface area contributed by atoms with Crippen molar-refractivity contribution in [2.45, 2.75) is 26.0 Å². The number of aliphatic hydroxyl groups excluding tert-OH is 1. The molecule has 0 amide bonds. The number of nitrogens with zero attached hydrogens (tertiary/aromatic N) is 4. The normalized spacial score (nSPS) is 13.1. The van der Waals surface area contributed by atoms with E-state index < -0.39 is 17.4 Å². The van der Waals surface area contributed by atoms with Crippen molar-refractivity contribution < 1.29 is 5.11 Å². The first-order valence-electron chi connectivity index (χ1n) is 5.88. The van der Waals surface area contributed by atoms with Gasteiger partial charge in [0, 0.05) is 14.1 Å². The summed E-state index contributed by atoms with van der Waals surface area (Å²) in [5, 5.41) is 9.75. The standard InChI is InChI=1S/C11H15BrN4O3/c1-4-6(17)5-16-7-8(13-10(16)12)14(2)11(19)15(3)9(7)18/h6,17H,4-5H2,1-3H3/t6-/m1/s1. The molecule has 0 aliphatic heterocycles. The monoisotopic (exact) mass is 330 g/mol. The van der Waals surface area contributed by atoms with E-state index in [0.717, 1.165) is 4.57 Å². The molecule has 0 aliphatic rings. The van der Waals surface area contributed by atoms with Gasteiger partial charge in [-0.25, -0.2) is 9.78 Å². The van der Waals surface area contributed by atoms with Crippen LogP contribution in [0.15, 0.2) is 14.3 Å². The van der Waals surface area contributed by atoms with Gasteiger partial charge in [-0.2, -0.15) is 0 Å². The number of aliphatic hydroxyl groups is 1. The predicted octanol–water partition coefficient (Wildman–Crippen LogP) is -0.0329. The molecule has 2 aromatic rings. The zero-order valence-electron chi connectivity index (χ0n) is 10.9. The van der Waals surface area contributed by atoms with Gasteiger partial charge < -0.3 is 9.67 Å². The topological polar surface area (TPSA) is 82.1 Å². The van der Waals surface area contributed by atoms with E-state index in [1.54, 1.807) is 11.6 Å². The van der Waals surface area contributed by atoms with E-state index in [4.69, 9.17) is 0 Å². The molecule has 19 heavy (non-hydrogen) atoms. The van der Waals surface area contributed by atoms with E-state index in [1.807, 2.05) is 6.92 Å². The van der Waals surface area contributed by atoms with E-state index in [0.29, 0.717) is 22.3 Å². The van der Waals surface area contributed by atoms with Crippen LogP contribution in [0.25, 0.3) is 11.2 Å². The molecule has 0 spiro atoms. The van der Waals surface area contributed by atoms with Gasteiger partial charge in [0.1, 0.15) is 0 Å². The van der Waals surface area contributed by atoms with E-state index in [-0.39, 0.29) is 6.54 Å². The van der Waals surface area contributed by atoms with Crippen LogP contribution in [-0.2, 0) is 20.6 Å². The fourth-order valence-corrected chi connectivity index (χ4v) is 2.42. The highest BCUT2D eigenvalue weighted by Crippen LogP contribution is 2.17. The fraction of sp³-hybridized carbons (Fsp3) is 0.545. The number of rotatable bonds is 3. The van der Waals surface area contributed by atoms with Crippen molar-refractivity contribution in [3.8, 4) is 0 Å². The van der Waals surface area contributed by atoms with Crippen molar-refractivity contribution in [3.05, 3.63) is 25.6 Å². The van der Waals surface area contributed by atoms with Gasteiger partial charge in [-0.15, -0.1) is 0 Å². The molecular weight excluding hydrogens is 316 g/mol. The molecule has 0 fully saturated rings. The summed E-state index contributed by atoms with van der Waals surface area (Å²) in [4.78, 5) is 28.2. The molecule has 0 radical (unpaired) electrons. The summed E-state index contributed by atoms with van der Waals surface area (Å²) in [6.45, 7) is 2.10. The van der Waals surface area contributed by atoms with E-state index in [2.05, 4.69) is 20.9 Å². The molecule has 7 nitrogen and oxygen atoms in total. The van der Waals surface area contributed by atoms with Gasteiger partial charge in [-0.3, -0.25) is 13.9 Å². The summed E-state index contributed by atoms with van der Waals surface area (Å²) in [7, 11) is 2.98. The van der Waals surface area contributed by atoms with Gasteiger partial charge in [0.2, 0.25) is 0 Å². The van der Waals surface area contributed by atoms with E-state index in [1.165, 1.54) is 11.6 Å². The third kappa shape index (κ3) is 2.14. The molecule has 1 N–H and O–H groups in total. The van der Waals surface area contributed by atoms with Gasteiger partial charge in [0.15, 0.2) is 15.9 Å². The second-order valence-electron chi connectivity index (χ2n) is 4.43. The molecular formula is C11H15BrN4O3. The van der Waals surface area contributed by atoms with Gasteiger partial charge in [-0.1, -0.05) is 6.92 Å². The first-order valence-corrected chi connectivity index (χ1v) is 6.67.